The van der Waals surface area contributed by atoms with Crippen LogP contribution in [0, 0.1) is 0 Å². The zero-order chi connectivity index (χ0) is 13.2. The summed E-state index contributed by atoms with van der Waals surface area (Å²) in [7, 11) is 0. The van der Waals surface area contributed by atoms with Crippen LogP contribution in [0.1, 0.15) is 6.92 Å². The third-order valence-electron chi connectivity index (χ3n) is 2.25. The largest absolute Gasteiger partial charge is 0.491 e. The van der Waals surface area contributed by atoms with E-state index in [9.17, 15) is 5.11 Å². The van der Waals surface area contributed by atoms with Gasteiger partial charge in [0.2, 0.25) is 0 Å². The van der Waals surface area contributed by atoms with Crippen LogP contribution in [-0.4, -0.2) is 44.1 Å². The molecule has 1 aromatic rings. The molecule has 0 heterocycles. The van der Waals surface area contributed by atoms with Gasteiger partial charge in [0.25, 0.3) is 0 Å². The fourth-order valence-corrected chi connectivity index (χ4v) is 1.74. The van der Waals surface area contributed by atoms with E-state index in [-0.39, 0.29) is 6.61 Å². The third kappa shape index (κ3) is 6.96. The minimum absolute atomic E-state index is 0.276. The summed E-state index contributed by atoms with van der Waals surface area (Å²) < 4.78 is 11.6. The van der Waals surface area contributed by atoms with Crippen LogP contribution in [0.15, 0.2) is 28.7 Å². The van der Waals surface area contributed by atoms with E-state index in [4.69, 9.17) is 9.47 Å². The summed E-state index contributed by atoms with van der Waals surface area (Å²) in [5.74, 6) is 0.748. The Morgan fingerprint density at radius 2 is 2.28 bits per heavy atom. The van der Waals surface area contributed by atoms with Gasteiger partial charge in [0.15, 0.2) is 0 Å². The predicted octanol–water partition coefficient (Wildman–Crippen LogP) is 1.81. The zero-order valence-electron chi connectivity index (χ0n) is 10.6. The maximum Gasteiger partial charge on any atom is 0.120 e. The number of halogens is 1. The maximum atomic E-state index is 9.70. The average Bonchev–Trinajstić information content (AvgIpc) is 2.36. The van der Waals surface area contributed by atoms with Crippen LogP contribution in [0.5, 0.6) is 5.75 Å². The van der Waals surface area contributed by atoms with Crippen LogP contribution in [0.2, 0.25) is 0 Å². The fraction of sp³-hybridized carbons (Fsp3) is 0.538. The van der Waals surface area contributed by atoms with Crippen molar-refractivity contribution in [3.05, 3.63) is 28.7 Å². The molecule has 0 aromatic heterocycles. The van der Waals surface area contributed by atoms with Crippen molar-refractivity contribution in [2.75, 3.05) is 32.9 Å². The molecule has 0 aliphatic rings. The van der Waals surface area contributed by atoms with Gasteiger partial charge in [-0.05, 0) is 25.1 Å². The molecule has 0 amide bonds. The fourth-order valence-electron chi connectivity index (χ4n) is 1.37. The van der Waals surface area contributed by atoms with E-state index in [1.165, 1.54) is 0 Å². The molecule has 1 unspecified atom stereocenters. The van der Waals surface area contributed by atoms with Gasteiger partial charge in [0.1, 0.15) is 18.5 Å². The summed E-state index contributed by atoms with van der Waals surface area (Å²) in [6, 6.07) is 7.56. The highest BCUT2D eigenvalue weighted by atomic mass is 79.9. The van der Waals surface area contributed by atoms with Crippen LogP contribution < -0.4 is 10.1 Å². The van der Waals surface area contributed by atoms with E-state index in [1.54, 1.807) is 0 Å². The lowest BCUT2D eigenvalue weighted by Gasteiger charge is -2.13. The van der Waals surface area contributed by atoms with Crippen molar-refractivity contribution in [1.82, 2.24) is 5.32 Å². The SMILES string of the molecule is CCOCCNCC(O)COc1cccc(Br)c1. The Kier molecular flexibility index (Phi) is 8.00. The van der Waals surface area contributed by atoms with Crippen LogP contribution in [0.25, 0.3) is 0 Å². The summed E-state index contributed by atoms with van der Waals surface area (Å²) >= 11 is 3.37. The Balaban J connectivity index is 2.11. The lowest BCUT2D eigenvalue weighted by molar-refractivity contribution is 0.100. The summed E-state index contributed by atoms with van der Waals surface area (Å²) in [4.78, 5) is 0. The number of benzene rings is 1. The smallest absolute Gasteiger partial charge is 0.120 e. The topological polar surface area (TPSA) is 50.7 Å². The van der Waals surface area contributed by atoms with Crippen molar-refractivity contribution in [2.24, 2.45) is 0 Å². The van der Waals surface area contributed by atoms with Crippen molar-refractivity contribution in [3.8, 4) is 5.75 Å². The molecule has 2 N–H and O–H groups in total. The highest BCUT2D eigenvalue weighted by molar-refractivity contribution is 9.10. The van der Waals surface area contributed by atoms with Crippen LogP contribution >= 0.6 is 15.9 Å². The average molecular weight is 318 g/mol. The van der Waals surface area contributed by atoms with Gasteiger partial charge in [-0.15, -0.1) is 0 Å². The van der Waals surface area contributed by atoms with E-state index in [2.05, 4.69) is 21.2 Å². The van der Waals surface area contributed by atoms with E-state index in [0.29, 0.717) is 13.2 Å². The molecule has 1 rings (SSSR count). The molecule has 0 fully saturated rings. The molecule has 0 radical (unpaired) electrons. The van der Waals surface area contributed by atoms with Gasteiger partial charge in [-0.25, -0.2) is 0 Å². The number of hydrogen-bond acceptors (Lipinski definition) is 4. The van der Waals surface area contributed by atoms with Gasteiger partial charge in [-0.3, -0.25) is 0 Å². The second-order valence-electron chi connectivity index (χ2n) is 3.82. The van der Waals surface area contributed by atoms with Gasteiger partial charge in [-0.1, -0.05) is 22.0 Å². The quantitative estimate of drug-likeness (QED) is 0.682. The molecular formula is C13H20BrNO3. The van der Waals surface area contributed by atoms with E-state index in [0.717, 1.165) is 23.4 Å². The van der Waals surface area contributed by atoms with Gasteiger partial charge in [0, 0.05) is 24.2 Å². The van der Waals surface area contributed by atoms with E-state index >= 15 is 0 Å². The Morgan fingerprint density at radius 3 is 3.00 bits per heavy atom. The summed E-state index contributed by atoms with van der Waals surface area (Å²) in [6.07, 6.45) is -0.523. The number of aliphatic hydroxyl groups is 1. The number of hydrogen-bond donors (Lipinski definition) is 2. The first-order valence-corrected chi connectivity index (χ1v) is 6.86. The van der Waals surface area contributed by atoms with Crippen LogP contribution in [0.4, 0.5) is 0 Å². The molecule has 0 bridgehead atoms. The van der Waals surface area contributed by atoms with Crippen LogP contribution in [0.3, 0.4) is 0 Å². The Morgan fingerprint density at radius 1 is 1.44 bits per heavy atom. The molecule has 5 heteroatoms. The second kappa shape index (κ2) is 9.33. The lowest BCUT2D eigenvalue weighted by atomic mass is 10.3. The van der Waals surface area contributed by atoms with E-state index in [1.807, 2.05) is 31.2 Å². The lowest BCUT2D eigenvalue weighted by Crippen LogP contribution is -2.33. The summed E-state index contributed by atoms with van der Waals surface area (Å²) in [5.41, 5.74) is 0. The first-order chi connectivity index (χ1) is 8.72. The predicted molar refractivity (Wildman–Crippen MR) is 75.0 cm³/mol. The first kappa shape index (κ1) is 15.4. The molecule has 4 nitrogen and oxygen atoms in total. The number of nitrogens with one attached hydrogen (secondary N) is 1. The van der Waals surface area contributed by atoms with Gasteiger partial charge in [-0.2, -0.15) is 0 Å². The molecule has 0 aliphatic heterocycles. The first-order valence-electron chi connectivity index (χ1n) is 6.07. The normalized spacial score (nSPS) is 12.4. The molecule has 1 atom stereocenters. The molecule has 102 valence electrons. The van der Waals surface area contributed by atoms with Crippen LogP contribution in [-0.2, 0) is 4.74 Å². The zero-order valence-corrected chi connectivity index (χ0v) is 12.1. The van der Waals surface area contributed by atoms with Crippen molar-refractivity contribution < 1.29 is 14.6 Å². The minimum Gasteiger partial charge on any atom is -0.491 e. The Hall–Kier alpha value is -0.620. The van der Waals surface area contributed by atoms with Crippen molar-refractivity contribution >= 4 is 15.9 Å². The third-order valence-corrected chi connectivity index (χ3v) is 2.74. The van der Waals surface area contributed by atoms with Gasteiger partial charge in [0.05, 0.1) is 6.61 Å². The number of aliphatic hydroxyl groups excluding tert-OH is 1. The summed E-state index contributed by atoms with van der Waals surface area (Å²) in [5, 5.41) is 12.8. The molecule has 18 heavy (non-hydrogen) atoms. The molecule has 0 saturated heterocycles. The molecule has 0 saturated carbocycles. The molecule has 0 spiro atoms. The number of ether oxygens (including phenoxy) is 2. The van der Waals surface area contributed by atoms with Gasteiger partial charge < -0.3 is 19.9 Å². The number of rotatable bonds is 9. The highest BCUT2D eigenvalue weighted by Gasteiger charge is 2.04. The molecule has 0 aliphatic carbocycles. The summed E-state index contributed by atoms with van der Waals surface area (Å²) in [6.45, 7) is 4.85. The van der Waals surface area contributed by atoms with E-state index < -0.39 is 6.10 Å². The maximum absolute atomic E-state index is 9.70. The molecule has 1 aromatic carbocycles. The highest BCUT2D eigenvalue weighted by Crippen LogP contribution is 2.17. The van der Waals surface area contributed by atoms with Crippen molar-refractivity contribution in [3.63, 3.8) is 0 Å². The molecular weight excluding hydrogens is 298 g/mol. The second-order valence-corrected chi connectivity index (χ2v) is 4.74. The minimum atomic E-state index is -0.523. The van der Waals surface area contributed by atoms with Gasteiger partial charge >= 0.3 is 0 Å². The Bertz CT molecular complexity index is 336. The monoisotopic (exact) mass is 317 g/mol. The van der Waals surface area contributed by atoms with Crippen molar-refractivity contribution in [1.29, 1.82) is 0 Å². The standard InChI is InChI=1S/C13H20BrNO3/c1-2-17-7-6-15-9-12(16)10-18-13-5-3-4-11(14)8-13/h3-5,8,12,15-16H,2,6-7,9-10H2,1H3. The Labute approximate surface area is 116 Å². The van der Waals surface area contributed by atoms with Crippen molar-refractivity contribution in [2.45, 2.75) is 13.0 Å².